The second-order valence-corrected chi connectivity index (χ2v) is 6.72. The zero-order valence-electron chi connectivity index (χ0n) is 13.3. The third-order valence-corrected chi connectivity index (χ3v) is 4.62. The van der Waals surface area contributed by atoms with Crippen LogP contribution in [0.25, 0.3) is 0 Å². The van der Waals surface area contributed by atoms with E-state index in [9.17, 15) is 9.59 Å². The summed E-state index contributed by atoms with van der Waals surface area (Å²) in [5, 5.41) is 6.10. The Balaban J connectivity index is 1.75. The number of benzene rings is 2. The number of nitrogens with one attached hydrogen (secondary N) is 2. The number of anilines is 1. The van der Waals surface area contributed by atoms with Gasteiger partial charge in [0.05, 0.1) is 0 Å². The van der Waals surface area contributed by atoms with Gasteiger partial charge < -0.3 is 10.6 Å². The van der Waals surface area contributed by atoms with E-state index >= 15 is 0 Å². The molecule has 0 radical (unpaired) electrons. The van der Waals surface area contributed by atoms with Crippen molar-refractivity contribution in [3.8, 4) is 0 Å². The number of hydrogen-bond donors (Lipinski definition) is 2. The maximum absolute atomic E-state index is 12.0. The van der Waals surface area contributed by atoms with E-state index in [1.165, 1.54) is 0 Å². The maximum atomic E-state index is 12.0. The highest BCUT2D eigenvalue weighted by molar-refractivity contribution is 7.99. The van der Waals surface area contributed by atoms with Gasteiger partial charge >= 0.3 is 0 Å². The Morgan fingerprint density at radius 1 is 1.12 bits per heavy atom. The quantitative estimate of drug-likeness (QED) is 0.573. The molecule has 2 aromatic carbocycles. The van der Waals surface area contributed by atoms with Crippen molar-refractivity contribution in [1.82, 2.24) is 5.32 Å². The molecule has 0 saturated heterocycles. The minimum atomic E-state index is -0.175. The van der Waals surface area contributed by atoms with Gasteiger partial charge in [-0.05, 0) is 54.6 Å². The summed E-state index contributed by atoms with van der Waals surface area (Å²) in [6.45, 7) is 0. The highest BCUT2D eigenvalue weighted by Gasteiger charge is 2.06. The molecule has 126 valence electrons. The van der Waals surface area contributed by atoms with Crippen LogP contribution >= 0.6 is 23.4 Å². The highest BCUT2D eigenvalue weighted by Crippen LogP contribution is 2.21. The second-order valence-electron chi connectivity index (χ2n) is 5.11. The summed E-state index contributed by atoms with van der Waals surface area (Å²) < 4.78 is 0. The van der Waals surface area contributed by atoms with Crippen molar-refractivity contribution in [2.24, 2.45) is 0 Å². The monoisotopic (exact) mass is 362 g/mol. The van der Waals surface area contributed by atoms with Gasteiger partial charge in [0.15, 0.2) is 0 Å². The molecule has 0 aliphatic heterocycles. The van der Waals surface area contributed by atoms with Crippen molar-refractivity contribution >= 4 is 40.9 Å². The molecule has 2 aromatic rings. The highest BCUT2D eigenvalue weighted by atomic mass is 35.5. The summed E-state index contributed by atoms with van der Waals surface area (Å²) in [5.41, 5.74) is 1.15. The first-order valence-electron chi connectivity index (χ1n) is 7.59. The van der Waals surface area contributed by atoms with Crippen LogP contribution in [0.1, 0.15) is 23.2 Å². The van der Waals surface area contributed by atoms with E-state index in [4.69, 9.17) is 11.6 Å². The molecule has 2 amide bonds. The number of amides is 2. The largest absolute Gasteiger partial charge is 0.355 e. The molecule has 24 heavy (non-hydrogen) atoms. The lowest BCUT2D eigenvalue weighted by atomic mass is 10.2. The van der Waals surface area contributed by atoms with Gasteiger partial charge in [-0.1, -0.05) is 17.7 Å². The molecule has 0 unspecified atom stereocenters. The Bertz CT molecular complexity index is 704. The van der Waals surface area contributed by atoms with Gasteiger partial charge in [0, 0.05) is 34.6 Å². The number of carbonyl (C=O) groups excluding carboxylic acids is 2. The first-order chi connectivity index (χ1) is 11.6. The maximum Gasteiger partial charge on any atom is 0.251 e. The smallest absolute Gasteiger partial charge is 0.251 e. The first kappa shape index (κ1) is 18.4. The summed E-state index contributed by atoms with van der Waals surface area (Å²) in [6, 6.07) is 14.5. The van der Waals surface area contributed by atoms with Crippen LogP contribution in [0.15, 0.2) is 53.4 Å². The summed E-state index contributed by atoms with van der Waals surface area (Å²) in [4.78, 5) is 24.7. The van der Waals surface area contributed by atoms with Gasteiger partial charge in [0.2, 0.25) is 5.91 Å². The SMILES string of the molecule is CNC(=O)c1cccc(NC(=O)CCCSc2ccc(Cl)cc2)c1. The van der Waals surface area contributed by atoms with E-state index in [1.54, 1.807) is 43.1 Å². The van der Waals surface area contributed by atoms with Crippen LogP contribution in [0.5, 0.6) is 0 Å². The second kappa shape index (κ2) is 9.35. The molecule has 6 heteroatoms. The summed E-state index contributed by atoms with van der Waals surface area (Å²) in [7, 11) is 1.58. The normalized spacial score (nSPS) is 10.2. The van der Waals surface area contributed by atoms with E-state index in [2.05, 4.69) is 10.6 Å². The summed E-state index contributed by atoms with van der Waals surface area (Å²) in [6.07, 6.45) is 1.21. The zero-order chi connectivity index (χ0) is 17.4. The van der Waals surface area contributed by atoms with E-state index in [0.717, 1.165) is 22.1 Å². The minimum absolute atomic E-state index is 0.0548. The van der Waals surface area contributed by atoms with Gasteiger partial charge in [0.25, 0.3) is 5.91 Å². The molecule has 0 atom stereocenters. The van der Waals surface area contributed by atoms with Crippen LogP contribution in [-0.2, 0) is 4.79 Å². The van der Waals surface area contributed by atoms with Crippen LogP contribution in [0.4, 0.5) is 5.69 Å². The van der Waals surface area contributed by atoms with Crippen molar-refractivity contribution in [1.29, 1.82) is 0 Å². The lowest BCUT2D eigenvalue weighted by Crippen LogP contribution is -2.18. The number of thioether (sulfide) groups is 1. The molecule has 0 bridgehead atoms. The number of rotatable bonds is 7. The van der Waals surface area contributed by atoms with Crippen LogP contribution in [-0.4, -0.2) is 24.6 Å². The molecular weight excluding hydrogens is 344 g/mol. The lowest BCUT2D eigenvalue weighted by Gasteiger charge is -2.07. The van der Waals surface area contributed by atoms with Crippen molar-refractivity contribution in [3.63, 3.8) is 0 Å². The molecule has 0 saturated carbocycles. The molecule has 4 nitrogen and oxygen atoms in total. The number of hydrogen-bond acceptors (Lipinski definition) is 3. The van der Waals surface area contributed by atoms with Crippen molar-refractivity contribution in [3.05, 3.63) is 59.1 Å². The third-order valence-electron chi connectivity index (χ3n) is 3.27. The number of carbonyl (C=O) groups is 2. The first-order valence-corrected chi connectivity index (χ1v) is 8.95. The number of halogens is 1. The Morgan fingerprint density at radius 3 is 2.58 bits per heavy atom. The summed E-state index contributed by atoms with van der Waals surface area (Å²) in [5.74, 6) is 0.624. The Hall–Kier alpha value is -1.98. The fourth-order valence-corrected chi connectivity index (χ4v) is 3.04. The van der Waals surface area contributed by atoms with Gasteiger partial charge in [-0.2, -0.15) is 0 Å². The van der Waals surface area contributed by atoms with Crippen LogP contribution in [0.2, 0.25) is 5.02 Å². The predicted molar refractivity (Wildman–Crippen MR) is 99.9 cm³/mol. The Kier molecular flexibility index (Phi) is 7.15. The van der Waals surface area contributed by atoms with Crippen molar-refractivity contribution < 1.29 is 9.59 Å². The topological polar surface area (TPSA) is 58.2 Å². The lowest BCUT2D eigenvalue weighted by molar-refractivity contribution is -0.116. The van der Waals surface area contributed by atoms with Crippen LogP contribution in [0.3, 0.4) is 0 Å². The van der Waals surface area contributed by atoms with Crippen LogP contribution in [0, 0.1) is 0 Å². The fourth-order valence-electron chi connectivity index (χ4n) is 2.06. The van der Waals surface area contributed by atoms with Crippen LogP contribution < -0.4 is 10.6 Å². The Labute approximate surface area is 151 Å². The third kappa shape index (κ3) is 5.91. The van der Waals surface area contributed by atoms with E-state index in [1.807, 2.05) is 24.3 Å². The molecular formula is C18H19ClN2O2S. The van der Waals surface area contributed by atoms with E-state index in [-0.39, 0.29) is 11.8 Å². The van der Waals surface area contributed by atoms with Crippen molar-refractivity contribution in [2.45, 2.75) is 17.7 Å². The predicted octanol–water partition coefficient (Wildman–Crippen LogP) is 4.21. The molecule has 0 heterocycles. The minimum Gasteiger partial charge on any atom is -0.355 e. The van der Waals surface area contributed by atoms with E-state index < -0.39 is 0 Å². The average Bonchev–Trinajstić information content (AvgIpc) is 2.60. The molecule has 0 aromatic heterocycles. The molecule has 0 fully saturated rings. The fraction of sp³-hybridized carbons (Fsp3) is 0.222. The molecule has 0 aliphatic carbocycles. The average molecular weight is 363 g/mol. The molecule has 0 spiro atoms. The van der Waals surface area contributed by atoms with Gasteiger partial charge in [-0.3, -0.25) is 9.59 Å². The summed E-state index contributed by atoms with van der Waals surface area (Å²) >= 11 is 7.54. The molecule has 0 aliphatic rings. The van der Waals surface area contributed by atoms with Gasteiger partial charge in [-0.25, -0.2) is 0 Å². The Morgan fingerprint density at radius 2 is 1.88 bits per heavy atom. The van der Waals surface area contributed by atoms with Crippen molar-refractivity contribution in [2.75, 3.05) is 18.1 Å². The standard InChI is InChI=1S/C18H19ClN2O2S/c1-20-18(23)13-4-2-5-15(12-13)21-17(22)6-3-11-24-16-9-7-14(19)8-10-16/h2,4-5,7-10,12H,3,6,11H2,1H3,(H,20,23)(H,21,22). The molecule has 2 rings (SSSR count). The van der Waals surface area contributed by atoms with E-state index in [0.29, 0.717) is 17.7 Å². The van der Waals surface area contributed by atoms with Gasteiger partial charge in [-0.15, -0.1) is 11.8 Å². The zero-order valence-corrected chi connectivity index (χ0v) is 14.9. The van der Waals surface area contributed by atoms with Gasteiger partial charge in [0.1, 0.15) is 0 Å². The molecule has 2 N–H and O–H groups in total.